The largest absolute Gasteiger partial charge is 0.493 e. The number of amides is 1. The van der Waals surface area contributed by atoms with E-state index in [4.69, 9.17) is 14.2 Å². The molecule has 154 valence electrons. The molecule has 0 unspecified atom stereocenters. The van der Waals surface area contributed by atoms with Crippen molar-refractivity contribution in [3.63, 3.8) is 0 Å². The molecule has 0 aliphatic rings. The Morgan fingerprint density at radius 2 is 1.59 bits per heavy atom. The Labute approximate surface area is 171 Å². The van der Waals surface area contributed by atoms with Gasteiger partial charge in [-0.2, -0.15) is 0 Å². The Morgan fingerprint density at radius 1 is 0.966 bits per heavy atom. The van der Waals surface area contributed by atoms with Crippen LogP contribution in [0.2, 0.25) is 0 Å². The van der Waals surface area contributed by atoms with Crippen LogP contribution >= 0.6 is 0 Å². The lowest BCUT2D eigenvalue weighted by atomic mass is 10.0. The molecule has 1 amide bonds. The lowest BCUT2D eigenvalue weighted by Gasteiger charge is -2.16. The van der Waals surface area contributed by atoms with Crippen LogP contribution in [0.25, 0.3) is 6.08 Å². The second-order valence-electron chi connectivity index (χ2n) is 6.79. The highest BCUT2D eigenvalue weighted by Crippen LogP contribution is 2.28. The van der Waals surface area contributed by atoms with E-state index in [9.17, 15) is 9.59 Å². The van der Waals surface area contributed by atoms with Crippen LogP contribution in [0.5, 0.6) is 11.5 Å². The molecule has 1 atom stereocenters. The summed E-state index contributed by atoms with van der Waals surface area (Å²) < 4.78 is 15.6. The molecule has 0 fully saturated rings. The molecule has 0 heterocycles. The van der Waals surface area contributed by atoms with Gasteiger partial charge in [-0.1, -0.05) is 23.8 Å². The maximum Gasteiger partial charge on any atom is 0.331 e. The number of esters is 1. The Hall–Kier alpha value is -3.28. The molecule has 29 heavy (non-hydrogen) atoms. The van der Waals surface area contributed by atoms with Crippen molar-refractivity contribution < 1.29 is 23.8 Å². The normalized spacial score (nSPS) is 11.8. The van der Waals surface area contributed by atoms with E-state index in [1.807, 2.05) is 32.9 Å². The summed E-state index contributed by atoms with van der Waals surface area (Å²) in [7, 11) is 3.09. The number of benzene rings is 2. The molecule has 0 saturated carbocycles. The third-order valence-corrected chi connectivity index (χ3v) is 4.41. The molecule has 0 spiro atoms. The van der Waals surface area contributed by atoms with E-state index in [-0.39, 0.29) is 5.91 Å². The smallest absolute Gasteiger partial charge is 0.331 e. The predicted octanol–water partition coefficient (Wildman–Crippen LogP) is 4.21. The zero-order valence-electron chi connectivity index (χ0n) is 17.7. The molecule has 1 N–H and O–H groups in total. The van der Waals surface area contributed by atoms with E-state index in [1.165, 1.54) is 20.1 Å². The van der Waals surface area contributed by atoms with Gasteiger partial charge in [-0.05, 0) is 62.6 Å². The minimum absolute atomic E-state index is 0.382. The molecule has 0 aromatic heterocycles. The zero-order valence-corrected chi connectivity index (χ0v) is 17.7. The van der Waals surface area contributed by atoms with Gasteiger partial charge in [-0.3, -0.25) is 4.79 Å². The Kier molecular flexibility index (Phi) is 7.42. The van der Waals surface area contributed by atoms with Crippen LogP contribution in [0, 0.1) is 20.8 Å². The molecule has 2 aromatic carbocycles. The highest BCUT2D eigenvalue weighted by Gasteiger charge is 2.18. The van der Waals surface area contributed by atoms with Crippen molar-refractivity contribution in [2.45, 2.75) is 33.8 Å². The van der Waals surface area contributed by atoms with Crippen molar-refractivity contribution in [3.8, 4) is 11.5 Å². The number of aryl methyl sites for hydroxylation is 3. The molecular formula is C23H27NO5. The minimum atomic E-state index is -0.933. The first kappa shape index (κ1) is 22.0. The highest BCUT2D eigenvalue weighted by molar-refractivity contribution is 5.97. The Balaban J connectivity index is 2.00. The van der Waals surface area contributed by atoms with E-state index in [0.717, 1.165) is 27.9 Å². The average molecular weight is 397 g/mol. The molecule has 2 rings (SSSR count). The second kappa shape index (κ2) is 9.78. The lowest BCUT2D eigenvalue weighted by Crippen LogP contribution is -2.30. The summed E-state index contributed by atoms with van der Waals surface area (Å²) in [4.78, 5) is 24.5. The Morgan fingerprint density at radius 3 is 2.17 bits per heavy atom. The standard InChI is InChI=1S/C23H27NO5/c1-14-11-15(2)22(16(3)12-14)24-23(26)17(4)29-21(25)10-8-18-7-9-19(27-5)20(13-18)28-6/h7-13,17H,1-6H3,(H,24,26)/b10-8+/t17-/m1/s1. The molecule has 6 heteroatoms. The van der Waals surface area contributed by atoms with Crippen molar-refractivity contribution in [3.05, 3.63) is 58.7 Å². The fourth-order valence-electron chi connectivity index (χ4n) is 2.99. The first-order chi connectivity index (χ1) is 13.7. The van der Waals surface area contributed by atoms with E-state index < -0.39 is 12.1 Å². The summed E-state index contributed by atoms with van der Waals surface area (Å²) in [5.41, 5.74) is 4.52. The maximum absolute atomic E-state index is 12.4. The van der Waals surface area contributed by atoms with Crippen LogP contribution < -0.4 is 14.8 Å². The van der Waals surface area contributed by atoms with E-state index in [2.05, 4.69) is 5.32 Å². The SMILES string of the molecule is COc1ccc(/C=C/C(=O)O[C@H](C)C(=O)Nc2c(C)cc(C)cc2C)cc1OC. The van der Waals surface area contributed by atoms with Gasteiger partial charge in [0.2, 0.25) is 0 Å². The topological polar surface area (TPSA) is 73.9 Å². The molecule has 0 aliphatic carbocycles. The van der Waals surface area contributed by atoms with Gasteiger partial charge in [0.25, 0.3) is 5.91 Å². The minimum Gasteiger partial charge on any atom is -0.493 e. The first-order valence-electron chi connectivity index (χ1n) is 9.24. The van der Waals surface area contributed by atoms with Crippen LogP contribution in [0.15, 0.2) is 36.4 Å². The van der Waals surface area contributed by atoms with E-state index >= 15 is 0 Å². The van der Waals surface area contributed by atoms with Gasteiger partial charge >= 0.3 is 5.97 Å². The number of methoxy groups -OCH3 is 2. The zero-order chi connectivity index (χ0) is 21.6. The monoisotopic (exact) mass is 397 g/mol. The van der Waals surface area contributed by atoms with Crippen LogP contribution in [0.3, 0.4) is 0 Å². The summed E-state index contributed by atoms with van der Waals surface area (Å²) in [6, 6.07) is 9.24. The van der Waals surface area contributed by atoms with Gasteiger partial charge in [-0.15, -0.1) is 0 Å². The van der Waals surface area contributed by atoms with Gasteiger partial charge in [0, 0.05) is 11.8 Å². The summed E-state index contributed by atoms with van der Waals surface area (Å²) in [5, 5.41) is 2.84. The average Bonchev–Trinajstić information content (AvgIpc) is 2.68. The second-order valence-corrected chi connectivity index (χ2v) is 6.79. The summed E-state index contributed by atoms with van der Waals surface area (Å²) in [6.45, 7) is 7.40. The van der Waals surface area contributed by atoms with Crippen molar-refractivity contribution in [2.24, 2.45) is 0 Å². The van der Waals surface area contributed by atoms with Crippen molar-refractivity contribution in [2.75, 3.05) is 19.5 Å². The van der Waals surface area contributed by atoms with Gasteiger partial charge in [0.1, 0.15) is 0 Å². The summed E-state index contributed by atoms with van der Waals surface area (Å²) in [6.07, 6.45) is 1.93. The number of ether oxygens (including phenoxy) is 3. The van der Waals surface area contributed by atoms with E-state index in [0.29, 0.717) is 11.5 Å². The summed E-state index contributed by atoms with van der Waals surface area (Å²) in [5.74, 6) is 0.159. The fourth-order valence-corrected chi connectivity index (χ4v) is 2.99. The maximum atomic E-state index is 12.4. The molecule has 0 radical (unpaired) electrons. The van der Waals surface area contributed by atoms with Crippen LogP contribution in [-0.2, 0) is 14.3 Å². The quantitative estimate of drug-likeness (QED) is 0.560. The van der Waals surface area contributed by atoms with Crippen LogP contribution in [0.1, 0.15) is 29.2 Å². The number of anilines is 1. The van der Waals surface area contributed by atoms with Crippen molar-refractivity contribution in [1.82, 2.24) is 0 Å². The fraction of sp³-hybridized carbons (Fsp3) is 0.304. The van der Waals surface area contributed by atoms with E-state index in [1.54, 1.807) is 31.4 Å². The molecular weight excluding hydrogens is 370 g/mol. The third-order valence-electron chi connectivity index (χ3n) is 4.41. The third kappa shape index (κ3) is 5.85. The molecule has 0 bridgehead atoms. The van der Waals surface area contributed by atoms with Gasteiger partial charge in [0.15, 0.2) is 17.6 Å². The molecule has 2 aromatic rings. The number of rotatable bonds is 7. The van der Waals surface area contributed by atoms with Crippen LogP contribution in [0.4, 0.5) is 5.69 Å². The van der Waals surface area contributed by atoms with Gasteiger partial charge < -0.3 is 19.5 Å². The van der Waals surface area contributed by atoms with Crippen molar-refractivity contribution in [1.29, 1.82) is 0 Å². The highest BCUT2D eigenvalue weighted by atomic mass is 16.5. The number of carbonyl (C=O) groups excluding carboxylic acids is 2. The number of hydrogen-bond acceptors (Lipinski definition) is 5. The molecule has 0 saturated heterocycles. The van der Waals surface area contributed by atoms with Crippen LogP contribution in [-0.4, -0.2) is 32.2 Å². The first-order valence-corrected chi connectivity index (χ1v) is 9.24. The number of carbonyl (C=O) groups is 2. The number of hydrogen-bond donors (Lipinski definition) is 1. The predicted molar refractivity (Wildman–Crippen MR) is 113 cm³/mol. The Bertz CT molecular complexity index is 910. The summed E-state index contributed by atoms with van der Waals surface area (Å²) >= 11 is 0. The van der Waals surface area contributed by atoms with Crippen molar-refractivity contribution >= 4 is 23.6 Å². The molecule has 6 nitrogen and oxygen atoms in total. The van der Waals surface area contributed by atoms with Gasteiger partial charge in [0.05, 0.1) is 14.2 Å². The molecule has 0 aliphatic heterocycles. The number of nitrogens with one attached hydrogen (secondary N) is 1. The van der Waals surface area contributed by atoms with Gasteiger partial charge in [-0.25, -0.2) is 4.79 Å². The lowest BCUT2D eigenvalue weighted by molar-refractivity contribution is -0.148.